The van der Waals surface area contributed by atoms with Gasteiger partial charge in [0, 0.05) is 11.8 Å². The summed E-state index contributed by atoms with van der Waals surface area (Å²) in [6.07, 6.45) is 0. The molecule has 0 atom stereocenters. The lowest BCUT2D eigenvalue weighted by atomic mass is 10.1. The third kappa shape index (κ3) is 5.02. The Morgan fingerprint density at radius 3 is 2.37 bits per heavy atom. The first-order valence-corrected chi connectivity index (χ1v) is 9.45. The number of aryl methyl sites for hydroxylation is 2. The van der Waals surface area contributed by atoms with Crippen molar-refractivity contribution in [1.29, 1.82) is 0 Å². The number of carbonyl (C=O) groups excluding carboxylic acids is 1. The minimum Gasteiger partial charge on any atom is -0.371 e. The lowest BCUT2D eigenvalue weighted by molar-refractivity contribution is -0.384. The summed E-state index contributed by atoms with van der Waals surface area (Å²) in [5.41, 5.74) is 2.22. The van der Waals surface area contributed by atoms with E-state index in [1.54, 1.807) is 6.07 Å². The van der Waals surface area contributed by atoms with E-state index in [9.17, 15) is 23.3 Å². The first kappa shape index (κ1) is 20.3. The Labute approximate surface area is 157 Å². The molecule has 0 radical (unpaired) electrons. The maximum absolute atomic E-state index is 12.1. The predicted molar refractivity (Wildman–Crippen MR) is 102 cm³/mol. The van der Waals surface area contributed by atoms with Crippen molar-refractivity contribution in [2.45, 2.75) is 18.7 Å². The van der Waals surface area contributed by atoms with Crippen LogP contribution in [0.1, 0.15) is 11.1 Å². The fraction of sp³-hybridized carbons (Fsp3) is 0.235. The molecule has 0 bridgehead atoms. The molecular formula is C17H20N4O5S. The van der Waals surface area contributed by atoms with Crippen LogP contribution >= 0.6 is 0 Å². The lowest BCUT2D eigenvalue weighted by Gasteiger charge is -2.11. The van der Waals surface area contributed by atoms with Crippen molar-refractivity contribution in [3.63, 3.8) is 0 Å². The van der Waals surface area contributed by atoms with E-state index in [4.69, 9.17) is 0 Å². The highest BCUT2D eigenvalue weighted by Gasteiger charge is 2.20. The van der Waals surface area contributed by atoms with E-state index in [-0.39, 0.29) is 23.0 Å². The average Bonchev–Trinajstić information content (AvgIpc) is 2.62. The van der Waals surface area contributed by atoms with Crippen molar-refractivity contribution in [2.24, 2.45) is 0 Å². The van der Waals surface area contributed by atoms with Crippen LogP contribution in [0, 0.1) is 24.0 Å². The number of carbonyl (C=O) groups is 1. The molecule has 0 saturated heterocycles. The molecule has 1 amide bonds. The van der Waals surface area contributed by atoms with Crippen molar-refractivity contribution in [1.82, 2.24) is 4.72 Å². The molecule has 0 aromatic heterocycles. The Morgan fingerprint density at radius 1 is 1.11 bits per heavy atom. The maximum atomic E-state index is 12.1. The summed E-state index contributed by atoms with van der Waals surface area (Å²) < 4.78 is 25.7. The number of amides is 1. The van der Waals surface area contributed by atoms with Gasteiger partial charge < -0.3 is 10.6 Å². The Hall–Kier alpha value is -2.98. The molecule has 0 fully saturated rings. The van der Waals surface area contributed by atoms with E-state index in [1.165, 1.54) is 19.2 Å². The van der Waals surface area contributed by atoms with Crippen molar-refractivity contribution in [3.05, 3.63) is 57.6 Å². The SMILES string of the molecule is CNS(=O)(=O)c1ccc(NCC(=O)Nc2ccc(C)cc2C)c([N+](=O)[O-])c1. The van der Waals surface area contributed by atoms with Crippen LogP contribution in [0.4, 0.5) is 17.1 Å². The van der Waals surface area contributed by atoms with E-state index < -0.39 is 20.6 Å². The molecule has 144 valence electrons. The van der Waals surface area contributed by atoms with Gasteiger partial charge in [-0.1, -0.05) is 17.7 Å². The van der Waals surface area contributed by atoms with Crippen molar-refractivity contribution in [2.75, 3.05) is 24.2 Å². The molecule has 3 N–H and O–H groups in total. The molecule has 0 aliphatic carbocycles. The maximum Gasteiger partial charge on any atom is 0.293 e. The summed E-state index contributed by atoms with van der Waals surface area (Å²) in [4.78, 5) is 22.4. The molecule has 9 nitrogen and oxygen atoms in total. The molecule has 0 aliphatic rings. The lowest BCUT2D eigenvalue weighted by Crippen LogP contribution is -2.23. The first-order chi connectivity index (χ1) is 12.6. The van der Waals surface area contributed by atoms with E-state index >= 15 is 0 Å². The molecule has 0 heterocycles. The molecule has 2 aromatic carbocycles. The third-order valence-corrected chi connectivity index (χ3v) is 5.25. The Kier molecular flexibility index (Phi) is 6.13. The number of benzene rings is 2. The van der Waals surface area contributed by atoms with Gasteiger partial charge in [-0.15, -0.1) is 0 Å². The molecule has 0 unspecified atom stereocenters. The van der Waals surface area contributed by atoms with E-state index in [0.717, 1.165) is 17.2 Å². The molecule has 2 rings (SSSR count). The van der Waals surface area contributed by atoms with Gasteiger partial charge in [-0.3, -0.25) is 14.9 Å². The molecule has 0 saturated carbocycles. The second-order valence-electron chi connectivity index (χ2n) is 5.86. The van der Waals surface area contributed by atoms with E-state index in [1.807, 2.05) is 26.0 Å². The standard InChI is InChI=1S/C17H20N4O5S/c1-11-4-6-14(12(2)8-11)20-17(22)10-19-15-7-5-13(27(25,26)18-3)9-16(15)21(23)24/h4-9,18-19H,10H2,1-3H3,(H,20,22). The number of nitro benzene ring substituents is 1. The largest absolute Gasteiger partial charge is 0.371 e. The van der Waals surface area contributed by atoms with Gasteiger partial charge in [0.15, 0.2) is 0 Å². The summed E-state index contributed by atoms with van der Waals surface area (Å²) in [5.74, 6) is -0.386. The minimum atomic E-state index is -3.81. The first-order valence-electron chi connectivity index (χ1n) is 7.97. The monoisotopic (exact) mass is 392 g/mol. The zero-order valence-corrected chi connectivity index (χ0v) is 15.9. The van der Waals surface area contributed by atoms with Gasteiger partial charge in [0.2, 0.25) is 15.9 Å². The van der Waals surface area contributed by atoms with Gasteiger partial charge in [-0.25, -0.2) is 13.1 Å². The van der Waals surface area contributed by atoms with Crippen LogP contribution in [-0.4, -0.2) is 32.8 Å². The summed E-state index contributed by atoms with van der Waals surface area (Å²) in [5, 5.41) is 16.6. The zero-order chi connectivity index (χ0) is 20.2. The second-order valence-corrected chi connectivity index (χ2v) is 7.75. The van der Waals surface area contributed by atoms with Crippen molar-refractivity contribution < 1.29 is 18.1 Å². The van der Waals surface area contributed by atoms with Crippen molar-refractivity contribution in [3.8, 4) is 0 Å². The summed E-state index contributed by atoms with van der Waals surface area (Å²) in [7, 11) is -2.60. The van der Waals surface area contributed by atoms with Crippen LogP contribution in [0.2, 0.25) is 0 Å². The minimum absolute atomic E-state index is 0.0471. The molecule has 27 heavy (non-hydrogen) atoms. The molecule has 0 spiro atoms. The Morgan fingerprint density at radius 2 is 1.78 bits per heavy atom. The van der Waals surface area contributed by atoms with Gasteiger partial charge in [0.05, 0.1) is 16.4 Å². The van der Waals surface area contributed by atoms with Crippen LogP contribution < -0.4 is 15.4 Å². The van der Waals surface area contributed by atoms with Crippen LogP contribution in [0.25, 0.3) is 0 Å². The number of nitrogens with one attached hydrogen (secondary N) is 3. The average molecular weight is 392 g/mol. The number of hydrogen-bond donors (Lipinski definition) is 3. The number of anilines is 2. The van der Waals surface area contributed by atoms with Crippen molar-refractivity contribution >= 4 is 33.0 Å². The van der Waals surface area contributed by atoms with Crippen LogP contribution in [0.5, 0.6) is 0 Å². The molecule has 10 heteroatoms. The van der Waals surface area contributed by atoms with Crippen LogP contribution in [0.3, 0.4) is 0 Å². The third-order valence-electron chi connectivity index (χ3n) is 3.84. The molecule has 0 aliphatic heterocycles. The summed E-state index contributed by atoms with van der Waals surface area (Å²) >= 11 is 0. The van der Waals surface area contributed by atoms with E-state index in [2.05, 4.69) is 15.4 Å². The summed E-state index contributed by atoms with van der Waals surface area (Å²) in [6, 6.07) is 8.99. The number of rotatable bonds is 7. The Bertz CT molecular complexity index is 989. The van der Waals surface area contributed by atoms with Gasteiger partial charge in [-0.05, 0) is 44.7 Å². The molecule has 2 aromatic rings. The molecular weight excluding hydrogens is 372 g/mol. The highest BCUT2D eigenvalue weighted by atomic mass is 32.2. The van der Waals surface area contributed by atoms with E-state index in [0.29, 0.717) is 5.69 Å². The van der Waals surface area contributed by atoms with Crippen LogP contribution in [-0.2, 0) is 14.8 Å². The highest BCUT2D eigenvalue weighted by Crippen LogP contribution is 2.27. The zero-order valence-electron chi connectivity index (χ0n) is 15.1. The Balaban J connectivity index is 2.14. The number of hydrogen-bond acceptors (Lipinski definition) is 6. The van der Waals surface area contributed by atoms with Crippen LogP contribution in [0.15, 0.2) is 41.3 Å². The number of sulfonamides is 1. The quantitative estimate of drug-likeness (QED) is 0.489. The van der Waals surface area contributed by atoms with Gasteiger partial charge in [0.25, 0.3) is 5.69 Å². The topological polar surface area (TPSA) is 130 Å². The fourth-order valence-corrected chi connectivity index (χ4v) is 3.17. The normalized spacial score (nSPS) is 11.1. The predicted octanol–water partition coefficient (Wildman–Crippen LogP) is 2.17. The fourth-order valence-electron chi connectivity index (χ4n) is 2.42. The number of nitro groups is 1. The van der Waals surface area contributed by atoms with Gasteiger partial charge >= 0.3 is 0 Å². The van der Waals surface area contributed by atoms with Gasteiger partial charge in [-0.2, -0.15) is 0 Å². The highest BCUT2D eigenvalue weighted by molar-refractivity contribution is 7.89. The number of nitrogens with zero attached hydrogens (tertiary/aromatic N) is 1. The second kappa shape index (κ2) is 8.14. The van der Waals surface area contributed by atoms with Gasteiger partial charge in [0.1, 0.15) is 5.69 Å². The summed E-state index contributed by atoms with van der Waals surface area (Å²) in [6.45, 7) is 3.59. The smallest absolute Gasteiger partial charge is 0.293 e.